The van der Waals surface area contributed by atoms with E-state index in [-0.39, 0.29) is 40.4 Å². The number of rotatable bonds is 3. The van der Waals surface area contributed by atoms with Gasteiger partial charge in [-0.15, -0.1) is 0 Å². The number of fused-ring (bicyclic) bond motifs is 1. The van der Waals surface area contributed by atoms with Crippen LogP contribution in [0.15, 0.2) is 36.5 Å². The molecule has 5 rings (SSSR count). The molecule has 0 bridgehead atoms. The van der Waals surface area contributed by atoms with Crippen LogP contribution in [0.25, 0.3) is 16.9 Å². The lowest BCUT2D eigenvalue weighted by molar-refractivity contribution is 0.0965. The van der Waals surface area contributed by atoms with E-state index in [0.29, 0.717) is 10.6 Å². The van der Waals surface area contributed by atoms with Gasteiger partial charge >= 0.3 is 0 Å². The summed E-state index contributed by atoms with van der Waals surface area (Å²) in [4.78, 5) is 17.5. The van der Waals surface area contributed by atoms with E-state index in [1.165, 1.54) is 41.2 Å². The largest absolute Gasteiger partial charge is 0.391 e. The molecule has 9 heteroatoms. The van der Waals surface area contributed by atoms with Crippen LogP contribution in [-0.2, 0) is 6.54 Å². The number of hydrogen-bond donors (Lipinski definition) is 2. The summed E-state index contributed by atoms with van der Waals surface area (Å²) in [6, 6.07) is 8.57. The quantitative estimate of drug-likeness (QED) is 0.683. The minimum absolute atomic E-state index is 0.0371. The Morgan fingerprint density at radius 1 is 1.40 bits per heavy atom. The van der Waals surface area contributed by atoms with Gasteiger partial charge in [-0.1, -0.05) is 6.07 Å². The Kier molecular flexibility index (Phi) is 3.11. The highest BCUT2D eigenvalue weighted by Gasteiger charge is 2.29. The lowest BCUT2D eigenvalue weighted by atomic mass is 10.0. The van der Waals surface area contributed by atoms with Crippen molar-refractivity contribution >= 4 is 11.7 Å². The Balaban J connectivity index is 1.68. The van der Waals surface area contributed by atoms with Crippen LogP contribution in [0.3, 0.4) is 0 Å². The average molecular weight is 409 g/mol. The molecular weight excluding hydrogens is 387 g/mol. The normalized spacial score (nSPS) is 26.0. The van der Waals surface area contributed by atoms with Gasteiger partial charge < -0.3 is 15.3 Å². The molecule has 2 N–H and O–H groups in total. The van der Waals surface area contributed by atoms with Gasteiger partial charge in [0.2, 0.25) is 0 Å². The third kappa shape index (κ3) is 2.89. The fourth-order valence-corrected chi connectivity index (χ4v) is 3.47. The monoisotopic (exact) mass is 409 g/mol. The zero-order chi connectivity index (χ0) is 25.3. The van der Waals surface area contributed by atoms with Crippen molar-refractivity contribution in [2.45, 2.75) is 19.0 Å². The molecule has 0 radical (unpaired) electrons. The summed E-state index contributed by atoms with van der Waals surface area (Å²) < 4.78 is 56.3. The molecule has 1 unspecified atom stereocenters. The number of nitrogens with zero attached hydrogens (tertiary/aromatic N) is 5. The number of amides is 1. The van der Waals surface area contributed by atoms with Gasteiger partial charge in [0.25, 0.3) is 5.91 Å². The molecule has 1 fully saturated rings. The number of benzene rings is 1. The number of β-amino-alcohol motifs (C(OH)–C–C–N with tert-alkyl or cyclic N) is 1. The minimum Gasteiger partial charge on any atom is -0.391 e. The van der Waals surface area contributed by atoms with Crippen molar-refractivity contribution in [3.05, 3.63) is 59.2 Å². The molecule has 2 aliphatic heterocycles. The highest BCUT2D eigenvalue weighted by Crippen LogP contribution is 2.31. The second-order valence-corrected chi connectivity index (χ2v) is 6.65. The fraction of sp³-hybridized carbons (Fsp3) is 0.238. The van der Waals surface area contributed by atoms with Crippen LogP contribution in [0.2, 0.25) is 0 Å². The molecule has 1 saturated heterocycles. The lowest BCUT2D eigenvalue weighted by Gasteiger charge is -2.14. The molecule has 2 aliphatic rings. The molecule has 0 saturated carbocycles. The number of hydrogen-bond acceptors (Lipinski definition) is 6. The van der Waals surface area contributed by atoms with Crippen LogP contribution in [0.1, 0.15) is 34.9 Å². The molecule has 3 aromatic rings. The van der Waals surface area contributed by atoms with Crippen LogP contribution in [0.4, 0.5) is 10.2 Å². The molecule has 4 heterocycles. The number of pyridine rings is 1. The number of carbonyl (C=O) groups is 1. The van der Waals surface area contributed by atoms with Gasteiger partial charge in [0.05, 0.1) is 56.6 Å². The maximum Gasteiger partial charge on any atom is 0.255 e. The van der Waals surface area contributed by atoms with E-state index in [9.17, 15) is 19.6 Å². The maximum atomic E-state index is 14.7. The number of nitriles is 1. The van der Waals surface area contributed by atoms with E-state index < -0.39 is 37.2 Å². The summed E-state index contributed by atoms with van der Waals surface area (Å²) in [5.41, 5.74) is 0.642. The summed E-state index contributed by atoms with van der Waals surface area (Å²) in [5.74, 6) is -1.38. The molecule has 2 aromatic heterocycles. The van der Waals surface area contributed by atoms with Gasteiger partial charge in [-0.2, -0.15) is 10.4 Å². The number of nitrogens with one attached hydrogen (secondary N) is 1. The summed E-state index contributed by atoms with van der Waals surface area (Å²) in [6.07, 6.45) is -2.20. The third-order valence-electron chi connectivity index (χ3n) is 4.80. The molecule has 0 aliphatic carbocycles. The van der Waals surface area contributed by atoms with E-state index in [1.807, 2.05) is 6.07 Å². The second-order valence-electron chi connectivity index (χ2n) is 6.65. The second kappa shape index (κ2) is 6.93. The van der Waals surface area contributed by atoms with Crippen LogP contribution in [0.5, 0.6) is 0 Å². The molecule has 1 amide bonds. The Morgan fingerprint density at radius 3 is 3.03 bits per heavy atom. The molecular formula is C21H17FN6O2. The summed E-state index contributed by atoms with van der Waals surface area (Å²) >= 11 is 0. The molecule has 150 valence electrons. The Hall–Kier alpha value is -3.77. The van der Waals surface area contributed by atoms with Crippen molar-refractivity contribution in [2.24, 2.45) is 0 Å². The van der Waals surface area contributed by atoms with Gasteiger partial charge in [-0.05, 0) is 24.6 Å². The van der Waals surface area contributed by atoms with Crippen molar-refractivity contribution in [1.82, 2.24) is 20.1 Å². The molecule has 0 spiro atoms. The van der Waals surface area contributed by atoms with Crippen LogP contribution in [0, 0.1) is 17.1 Å². The number of carbonyl (C=O) groups excluding carboxylic acids is 1. The first-order valence-corrected chi connectivity index (χ1v) is 8.97. The number of aliphatic hydroxyl groups is 1. The highest BCUT2D eigenvalue weighted by atomic mass is 19.1. The van der Waals surface area contributed by atoms with Crippen LogP contribution >= 0.6 is 0 Å². The van der Waals surface area contributed by atoms with Gasteiger partial charge in [-0.25, -0.2) is 14.1 Å². The van der Waals surface area contributed by atoms with Crippen LogP contribution < -0.4 is 10.2 Å². The standard InChI is InChI=1S/C21H17FN6O2/c22-14-3-1-2-12(9-23)19(14)15-8-17(20-16(25-15)10-24-21(20)30)28-7-5-18(26-28)27-6-4-13(29)11-27/h1-3,5,7-8,13,29H,4,6,10-11H2,(H,24,30)/i6D2,11D2,13D. The predicted molar refractivity (Wildman–Crippen MR) is 105 cm³/mol. The van der Waals surface area contributed by atoms with E-state index >= 15 is 0 Å². The summed E-state index contributed by atoms with van der Waals surface area (Å²) in [5, 5.41) is 26.5. The van der Waals surface area contributed by atoms with Gasteiger partial charge in [0.1, 0.15) is 5.82 Å². The Bertz CT molecular complexity index is 1430. The van der Waals surface area contributed by atoms with Crippen molar-refractivity contribution < 1.29 is 21.1 Å². The van der Waals surface area contributed by atoms with Crippen molar-refractivity contribution in [3.63, 3.8) is 0 Å². The third-order valence-corrected chi connectivity index (χ3v) is 4.80. The first-order chi connectivity index (χ1) is 16.4. The minimum atomic E-state index is -2.81. The van der Waals surface area contributed by atoms with E-state index in [2.05, 4.69) is 15.4 Å². The van der Waals surface area contributed by atoms with E-state index in [1.54, 1.807) is 0 Å². The van der Waals surface area contributed by atoms with E-state index in [0.717, 1.165) is 0 Å². The number of aromatic nitrogens is 3. The Labute approximate surface area is 178 Å². The van der Waals surface area contributed by atoms with Crippen molar-refractivity contribution in [3.8, 4) is 23.0 Å². The van der Waals surface area contributed by atoms with Gasteiger partial charge in [0, 0.05) is 28.0 Å². The first-order valence-electron chi connectivity index (χ1n) is 11.5. The average Bonchev–Trinajstić information content (AvgIpc) is 3.41. The van der Waals surface area contributed by atoms with Gasteiger partial charge in [0.15, 0.2) is 5.82 Å². The van der Waals surface area contributed by atoms with Gasteiger partial charge in [-0.3, -0.25) is 4.79 Å². The zero-order valence-electron chi connectivity index (χ0n) is 20.3. The van der Waals surface area contributed by atoms with Crippen LogP contribution in [-0.4, -0.2) is 44.9 Å². The molecule has 30 heavy (non-hydrogen) atoms. The summed E-state index contributed by atoms with van der Waals surface area (Å²) in [7, 11) is 0. The highest BCUT2D eigenvalue weighted by molar-refractivity contribution is 6.01. The fourth-order valence-electron chi connectivity index (χ4n) is 3.47. The van der Waals surface area contributed by atoms with E-state index in [4.69, 9.17) is 6.85 Å². The number of halogens is 1. The Morgan fingerprint density at radius 2 is 2.27 bits per heavy atom. The molecule has 8 nitrogen and oxygen atoms in total. The first kappa shape index (κ1) is 13.5. The predicted octanol–water partition coefficient (Wildman–Crippen LogP) is 1.76. The lowest BCUT2D eigenvalue weighted by Crippen LogP contribution is -2.21. The SMILES string of the molecule is [2H]C1([2H])CC([2H])(O)C([2H])([2H])N1c1ccn(-c2cc(-c3c(F)cccc3C#N)nc3c2C(=O)NC3)n1. The van der Waals surface area contributed by atoms with Crippen molar-refractivity contribution in [1.29, 1.82) is 5.26 Å². The molecule has 1 atom stereocenters. The topological polar surface area (TPSA) is 107 Å². The zero-order valence-corrected chi connectivity index (χ0v) is 15.3. The summed E-state index contributed by atoms with van der Waals surface area (Å²) in [6.45, 7) is -5.19. The number of anilines is 1. The smallest absolute Gasteiger partial charge is 0.255 e. The molecule has 1 aromatic carbocycles. The maximum absolute atomic E-state index is 14.7. The van der Waals surface area contributed by atoms with Crippen molar-refractivity contribution in [2.75, 3.05) is 17.9 Å².